The Hall–Kier alpha value is -0.830. The molecule has 18 heavy (non-hydrogen) atoms. The molecule has 0 saturated carbocycles. The van der Waals surface area contributed by atoms with E-state index < -0.39 is 0 Å². The Balaban J connectivity index is 2.07. The van der Waals surface area contributed by atoms with Crippen molar-refractivity contribution >= 4 is 34.8 Å². The third kappa shape index (κ3) is 2.09. The molecule has 1 unspecified atom stereocenters. The molecule has 3 rings (SSSR count). The van der Waals surface area contributed by atoms with Crippen LogP contribution in [0.3, 0.4) is 0 Å². The number of rotatable bonds is 1. The van der Waals surface area contributed by atoms with Gasteiger partial charge in [0, 0.05) is 16.5 Å². The second kappa shape index (κ2) is 4.69. The number of hydrogen-bond donors (Lipinski definition) is 0. The van der Waals surface area contributed by atoms with Crippen molar-refractivity contribution in [1.29, 1.82) is 0 Å². The van der Waals surface area contributed by atoms with Gasteiger partial charge in [-0.3, -0.25) is 0 Å². The molecular weight excluding hydrogens is 291 g/mol. The van der Waals surface area contributed by atoms with E-state index in [9.17, 15) is 0 Å². The molecule has 1 aromatic carbocycles. The lowest BCUT2D eigenvalue weighted by atomic mass is 9.97. The summed E-state index contributed by atoms with van der Waals surface area (Å²) in [6, 6.07) is 7.82. The Morgan fingerprint density at radius 2 is 1.72 bits per heavy atom. The van der Waals surface area contributed by atoms with Crippen LogP contribution in [0.2, 0.25) is 15.5 Å². The molecule has 0 radical (unpaired) electrons. The molecule has 0 spiro atoms. The summed E-state index contributed by atoms with van der Waals surface area (Å²) in [4.78, 5) is 8.32. The van der Waals surface area contributed by atoms with Gasteiger partial charge in [0.25, 0.3) is 0 Å². The molecule has 1 aliphatic rings. The zero-order chi connectivity index (χ0) is 12.7. The van der Waals surface area contributed by atoms with Crippen LogP contribution in [0.25, 0.3) is 0 Å². The average molecular weight is 300 g/mol. The highest BCUT2D eigenvalue weighted by molar-refractivity contribution is 6.32. The first-order valence-electron chi connectivity index (χ1n) is 5.62. The van der Waals surface area contributed by atoms with Gasteiger partial charge in [-0.25, -0.2) is 9.97 Å². The van der Waals surface area contributed by atoms with E-state index in [-0.39, 0.29) is 11.2 Å². The van der Waals surface area contributed by atoms with Gasteiger partial charge < -0.3 is 0 Å². The molecule has 0 saturated heterocycles. The number of halogens is 3. The van der Waals surface area contributed by atoms with Crippen molar-refractivity contribution in [3.8, 4) is 0 Å². The second-order valence-electron chi connectivity index (χ2n) is 4.29. The Bertz CT molecular complexity index is 596. The normalized spacial score (nSPS) is 17.8. The largest absolute Gasteiger partial charge is 0.224 e. The fourth-order valence-electron chi connectivity index (χ4n) is 2.41. The van der Waals surface area contributed by atoms with E-state index >= 15 is 0 Å². The summed E-state index contributed by atoms with van der Waals surface area (Å²) >= 11 is 17.9. The van der Waals surface area contributed by atoms with E-state index in [2.05, 4.69) is 9.97 Å². The SMILES string of the molecule is Clc1ccc(C2CCc3c(Cl)nc(Cl)nc32)cc1. The minimum absolute atomic E-state index is 0.208. The van der Waals surface area contributed by atoms with Crippen LogP contribution in [0, 0.1) is 0 Å². The molecule has 5 heteroatoms. The van der Waals surface area contributed by atoms with E-state index in [0.29, 0.717) is 5.15 Å². The molecule has 2 nitrogen and oxygen atoms in total. The van der Waals surface area contributed by atoms with Gasteiger partial charge in [-0.05, 0) is 42.1 Å². The van der Waals surface area contributed by atoms with E-state index in [1.54, 1.807) is 0 Å². The summed E-state index contributed by atoms with van der Waals surface area (Å²) in [6.07, 6.45) is 1.87. The van der Waals surface area contributed by atoms with Crippen LogP contribution in [-0.2, 0) is 6.42 Å². The van der Waals surface area contributed by atoms with Crippen molar-refractivity contribution in [2.45, 2.75) is 18.8 Å². The molecule has 2 aromatic rings. The van der Waals surface area contributed by atoms with Crippen molar-refractivity contribution in [2.24, 2.45) is 0 Å². The van der Waals surface area contributed by atoms with Crippen molar-refractivity contribution < 1.29 is 0 Å². The summed E-state index contributed by atoms with van der Waals surface area (Å²) in [5.41, 5.74) is 3.15. The quantitative estimate of drug-likeness (QED) is 0.572. The highest BCUT2D eigenvalue weighted by atomic mass is 35.5. The zero-order valence-electron chi connectivity index (χ0n) is 9.33. The smallest absolute Gasteiger partial charge is 0.222 e. The van der Waals surface area contributed by atoms with Gasteiger partial charge in [0.1, 0.15) is 5.15 Å². The maximum atomic E-state index is 6.10. The number of benzene rings is 1. The molecule has 0 fully saturated rings. The van der Waals surface area contributed by atoms with Crippen molar-refractivity contribution in [2.75, 3.05) is 0 Å². The Morgan fingerprint density at radius 1 is 1.00 bits per heavy atom. The first kappa shape index (κ1) is 12.2. The predicted octanol–water partition coefficient (Wildman–Crippen LogP) is 4.51. The minimum Gasteiger partial charge on any atom is -0.222 e. The van der Waals surface area contributed by atoms with Gasteiger partial charge in [-0.1, -0.05) is 35.3 Å². The number of fused-ring (bicyclic) bond motifs is 1. The summed E-state index contributed by atoms with van der Waals surface area (Å²) in [6.45, 7) is 0. The standard InChI is InChI=1S/C13H9Cl3N2/c14-8-3-1-7(2-4-8)9-5-6-10-11(9)17-13(16)18-12(10)15/h1-4,9H,5-6H2. The average Bonchev–Trinajstić information content (AvgIpc) is 2.74. The van der Waals surface area contributed by atoms with Crippen LogP contribution in [0.1, 0.15) is 29.2 Å². The maximum Gasteiger partial charge on any atom is 0.224 e. The van der Waals surface area contributed by atoms with Crippen molar-refractivity contribution in [3.63, 3.8) is 0 Å². The fraction of sp³-hybridized carbons (Fsp3) is 0.231. The Morgan fingerprint density at radius 3 is 2.44 bits per heavy atom. The fourth-order valence-corrected chi connectivity index (χ4v) is 3.03. The van der Waals surface area contributed by atoms with Crippen LogP contribution < -0.4 is 0 Å². The first-order chi connectivity index (χ1) is 8.65. The molecule has 1 atom stereocenters. The molecule has 0 bridgehead atoms. The molecule has 1 aromatic heterocycles. The lowest BCUT2D eigenvalue weighted by Gasteiger charge is -2.11. The van der Waals surface area contributed by atoms with Gasteiger partial charge in [0.15, 0.2) is 0 Å². The van der Waals surface area contributed by atoms with Crippen LogP contribution in [0.15, 0.2) is 24.3 Å². The maximum absolute atomic E-state index is 6.10. The van der Waals surface area contributed by atoms with Gasteiger partial charge in [0.2, 0.25) is 5.28 Å². The summed E-state index contributed by atoms with van der Waals surface area (Å²) < 4.78 is 0. The summed E-state index contributed by atoms with van der Waals surface area (Å²) in [5.74, 6) is 0.232. The van der Waals surface area contributed by atoms with Crippen LogP contribution >= 0.6 is 34.8 Å². The lowest BCUT2D eigenvalue weighted by Crippen LogP contribution is -2.00. The lowest BCUT2D eigenvalue weighted by molar-refractivity contribution is 0.771. The van der Waals surface area contributed by atoms with Crippen LogP contribution in [-0.4, -0.2) is 9.97 Å². The monoisotopic (exact) mass is 298 g/mol. The van der Waals surface area contributed by atoms with E-state index in [4.69, 9.17) is 34.8 Å². The second-order valence-corrected chi connectivity index (χ2v) is 5.42. The van der Waals surface area contributed by atoms with E-state index in [1.807, 2.05) is 24.3 Å². The minimum atomic E-state index is 0.208. The van der Waals surface area contributed by atoms with Gasteiger partial charge in [-0.2, -0.15) is 0 Å². The van der Waals surface area contributed by atoms with Crippen LogP contribution in [0.5, 0.6) is 0 Å². The van der Waals surface area contributed by atoms with Gasteiger partial charge in [-0.15, -0.1) is 0 Å². The topological polar surface area (TPSA) is 25.8 Å². The van der Waals surface area contributed by atoms with E-state index in [0.717, 1.165) is 29.1 Å². The van der Waals surface area contributed by atoms with Crippen LogP contribution in [0.4, 0.5) is 0 Å². The van der Waals surface area contributed by atoms with Gasteiger partial charge >= 0.3 is 0 Å². The molecule has 0 amide bonds. The van der Waals surface area contributed by atoms with Crippen molar-refractivity contribution in [3.05, 3.63) is 56.5 Å². The van der Waals surface area contributed by atoms with Gasteiger partial charge in [0.05, 0.1) is 5.69 Å². The molecule has 0 aliphatic heterocycles. The Labute approximate surface area is 120 Å². The summed E-state index contributed by atoms with van der Waals surface area (Å²) in [7, 11) is 0. The first-order valence-corrected chi connectivity index (χ1v) is 6.76. The number of aromatic nitrogens is 2. The summed E-state index contributed by atoms with van der Waals surface area (Å²) in [5, 5.41) is 1.41. The third-order valence-corrected chi connectivity index (χ3v) is 3.98. The number of nitrogens with zero attached hydrogens (tertiary/aromatic N) is 2. The zero-order valence-corrected chi connectivity index (χ0v) is 11.6. The highest BCUT2D eigenvalue weighted by Crippen LogP contribution is 2.39. The highest BCUT2D eigenvalue weighted by Gasteiger charge is 2.28. The molecule has 0 N–H and O–H groups in total. The molecular formula is C13H9Cl3N2. The number of hydrogen-bond acceptors (Lipinski definition) is 2. The third-order valence-electron chi connectivity index (χ3n) is 3.25. The predicted molar refractivity (Wildman–Crippen MR) is 73.7 cm³/mol. The Kier molecular flexibility index (Phi) is 3.18. The van der Waals surface area contributed by atoms with Crippen molar-refractivity contribution in [1.82, 2.24) is 9.97 Å². The molecule has 1 aliphatic carbocycles. The van der Waals surface area contributed by atoms with E-state index in [1.165, 1.54) is 5.56 Å². The molecule has 92 valence electrons. The molecule has 1 heterocycles.